The number of aromatic nitrogens is 6. The summed E-state index contributed by atoms with van der Waals surface area (Å²) in [5.41, 5.74) is 2.96. The first-order valence-electron chi connectivity index (χ1n) is 22.8. The average molecular weight is 907 g/mol. The van der Waals surface area contributed by atoms with Crippen LogP contribution >= 0.6 is 11.6 Å². The van der Waals surface area contributed by atoms with Gasteiger partial charge in [0.05, 0.1) is 35.1 Å². The molecule has 1 amide bonds. The Bertz CT molecular complexity index is 2450. The Hall–Kier alpha value is -5.76. The van der Waals surface area contributed by atoms with Crippen LogP contribution in [0.5, 0.6) is 11.6 Å². The topological polar surface area (TPSA) is 188 Å². The quantitative estimate of drug-likeness (QED) is 0.0807. The lowest BCUT2D eigenvalue weighted by molar-refractivity contribution is -0.164. The number of pyridine rings is 1. The van der Waals surface area contributed by atoms with Crippen molar-refractivity contribution in [2.24, 2.45) is 10.8 Å². The molecule has 0 bridgehead atoms. The molecular weight excluding hydrogens is 846 g/mol. The third-order valence-corrected chi connectivity index (χ3v) is 13.6. The Morgan fingerprint density at radius 2 is 1.75 bits per heavy atom. The van der Waals surface area contributed by atoms with Crippen molar-refractivity contribution in [1.82, 2.24) is 34.9 Å². The first-order chi connectivity index (χ1) is 31.4. The van der Waals surface area contributed by atoms with E-state index in [1.165, 1.54) is 6.42 Å². The number of halogens is 1. The second kappa shape index (κ2) is 19.8. The Labute approximate surface area is 385 Å². The van der Waals surface area contributed by atoms with Gasteiger partial charge in [-0.15, -0.1) is 0 Å². The van der Waals surface area contributed by atoms with Gasteiger partial charge in [-0.2, -0.15) is 14.9 Å². The fourth-order valence-corrected chi connectivity index (χ4v) is 10.3. The van der Waals surface area contributed by atoms with E-state index in [1.807, 2.05) is 29.0 Å². The molecule has 1 saturated carbocycles. The third kappa shape index (κ3) is 9.92. The summed E-state index contributed by atoms with van der Waals surface area (Å²) in [5.74, 6) is 3.25. The lowest BCUT2D eigenvalue weighted by atomic mass is 9.49. The fraction of sp³-hybridized carbons (Fsp3) is 0.521. The predicted octanol–water partition coefficient (Wildman–Crippen LogP) is 7.03. The third-order valence-electron chi connectivity index (χ3n) is 13.3. The molecule has 0 spiro atoms. The Morgan fingerprint density at radius 1 is 0.969 bits per heavy atom. The number of carbonyl (C=O) groups excluding carboxylic acids is 1. The van der Waals surface area contributed by atoms with Gasteiger partial charge in [0.1, 0.15) is 36.2 Å². The van der Waals surface area contributed by atoms with Gasteiger partial charge in [0.15, 0.2) is 5.65 Å². The zero-order valence-corrected chi connectivity index (χ0v) is 38.7. The number of ether oxygens (including phenoxy) is 3. The molecule has 65 heavy (non-hydrogen) atoms. The molecule has 5 aromatic rings. The van der Waals surface area contributed by atoms with E-state index in [0.717, 1.165) is 86.6 Å². The maximum Gasteiger partial charge on any atom is 0.254 e. The molecule has 3 fully saturated rings. The van der Waals surface area contributed by atoms with E-state index in [9.17, 15) is 15.2 Å². The summed E-state index contributed by atoms with van der Waals surface area (Å²) in [5, 5.41) is 30.7. The minimum atomic E-state index is -0.388. The highest BCUT2D eigenvalue weighted by atomic mass is 35.5. The standard InChI is InChI=1S/C48H60ClN11O5/c1-6-32-30-55-60-39(24-40(56-42(32)60)59-17-8-7-9-35(59)16-20-61)51-26-31-10-13-41(52-27-31)64-22-21-63-36-14-18-58(19-15-36)46-53-28-34(29-54-46)43(62)57-44-47(2,3)45(48(44,4)5)65-37-12-11-33(25-50)38(49)23-37/h10-13,23-24,27-30,35-36,44-45,51,61H,6-9,14-22,26H2,1-5H3,(H,57,62)/t35-,44?,45?/m0/s1. The molecule has 2 aliphatic heterocycles. The van der Waals surface area contributed by atoms with Gasteiger partial charge >= 0.3 is 0 Å². The molecule has 3 aliphatic rings. The van der Waals surface area contributed by atoms with E-state index in [0.29, 0.717) is 53.5 Å². The molecule has 1 aliphatic carbocycles. The molecular formula is C48H60ClN11O5. The number of benzene rings is 1. The molecule has 2 saturated heterocycles. The zero-order valence-electron chi connectivity index (χ0n) is 38.0. The van der Waals surface area contributed by atoms with E-state index < -0.39 is 0 Å². The summed E-state index contributed by atoms with van der Waals surface area (Å²) < 4.78 is 20.3. The number of aryl methyl sites for hydroxylation is 1. The number of carbonyl (C=O) groups is 1. The van der Waals surface area contributed by atoms with Crippen LogP contribution in [0.4, 0.5) is 17.6 Å². The Kier molecular flexibility index (Phi) is 13.9. The molecule has 0 unspecified atom stereocenters. The van der Waals surface area contributed by atoms with Crippen molar-refractivity contribution in [3.8, 4) is 17.7 Å². The first kappa shape index (κ1) is 45.8. The van der Waals surface area contributed by atoms with Crippen LogP contribution in [0.1, 0.15) is 100 Å². The maximum absolute atomic E-state index is 13.4. The van der Waals surface area contributed by atoms with Crippen molar-refractivity contribution in [1.29, 1.82) is 5.26 Å². The molecule has 6 heterocycles. The highest BCUT2D eigenvalue weighted by Crippen LogP contribution is 2.55. The number of aliphatic hydroxyl groups is 1. The van der Waals surface area contributed by atoms with Crippen LogP contribution in [-0.2, 0) is 17.7 Å². The molecule has 344 valence electrons. The van der Waals surface area contributed by atoms with E-state index in [-0.39, 0.29) is 47.6 Å². The molecule has 17 heteroatoms. The van der Waals surface area contributed by atoms with Gasteiger partial charge in [-0.3, -0.25) is 4.79 Å². The second-order valence-electron chi connectivity index (χ2n) is 18.4. The summed E-state index contributed by atoms with van der Waals surface area (Å²) in [6.45, 7) is 14.3. The number of aliphatic hydroxyl groups excluding tert-OH is 1. The van der Waals surface area contributed by atoms with Crippen molar-refractivity contribution < 1.29 is 24.1 Å². The van der Waals surface area contributed by atoms with Crippen LogP contribution in [0.25, 0.3) is 5.65 Å². The van der Waals surface area contributed by atoms with Crippen LogP contribution in [0.15, 0.2) is 61.2 Å². The van der Waals surface area contributed by atoms with Crippen LogP contribution in [0.3, 0.4) is 0 Å². The maximum atomic E-state index is 13.4. The van der Waals surface area contributed by atoms with Crippen molar-refractivity contribution >= 4 is 40.7 Å². The minimum absolute atomic E-state index is 0.0936. The lowest BCUT2D eigenvalue weighted by Gasteiger charge is -2.63. The highest BCUT2D eigenvalue weighted by molar-refractivity contribution is 6.31. The van der Waals surface area contributed by atoms with E-state index in [1.54, 1.807) is 30.6 Å². The van der Waals surface area contributed by atoms with Crippen LogP contribution < -0.4 is 29.9 Å². The van der Waals surface area contributed by atoms with E-state index >= 15 is 0 Å². The monoisotopic (exact) mass is 905 g/mol. The van der Waals surface area contributed by atoms with Crippen molar-refractivity contribution in [3.05, 3.63) is 88.5 Å². The molecule has 0 radical (unpaired) electrons. The molecule has 4 aromatic heterocycles. The predicted molar refractivity (Wildman–Crippen MR) is 249 cm³/mol. The van der Waals surface area contributed by atoms with Gasteiger partial charge < -0.3 is 39.8 Å². The number of nitriles is 1. The zero-order chi connectivity index (χ0) is 45.7. The van der Waals surface area contributed by atoms with Crippen molar-refractivity contribution in [3.63, 3.8) is 0 Å². The summed E-state index contributed by atoms with van der Waals surface area (Å²) in [6, 6.07) is 13.2. The van der Waals surface area contributed by atoms with Gasteiger partial charge in [0.25, 0.3) is 5.91 Å². The molecule has 1 atom stereocenters. The van der Waals surface area contributed by atoms with Crippen LogP contribution in [0.2, 0.25) is 5.02 Å². The first-order valence-corrected chi connectivity index (χ1v) is 23.2. The van der Waals surface area contributed by atoms with Crippen molar-refractivity contribution in [2.45, 2.75) is 110 Å². The average Bonchev–Trinajstić information content (AvgIpc) is 3.74. The fourth-order valence-electron chi connectivity index (χ4n) is 10.1. The van der Waals surface area contributed by atoms with Crippen LogP contribution in [-0.4, -0.2) is 104 Å². The number of piperidine rings is 2. The molecule has 3 N–H and O–H groups in total. The largest absolute Gasteiger partial charge is 0.489 e. The number of nitrogens with one attached hydrogen (secondary N) is 2. The SMILES string of the molecule is CCc1cnn2c(NCc3ccc(OCCOC4CCN(c5ncc(C(=O)NC6C(C)(C)C(Oc7ccc(C#N)c(Cl)c7)C6(C)C)cn5)CC4)nc3)cc(N3CCCC[C@H]3CCO)nc12. The number of anilines is 3. The minimum Gasteiger partial charge on any atom is -0.489 e. The number of hydrogen-bond acceptors (Lipinski definition) is 14. The van der Waals surface area contributed by atoms with E-state index in [2.05, 4.69) is 87.2 Å². The summed E-state index contributed by atoms with van der Waals surface area (Å²) in [4.78, 5) is 36.6. The highest BCUT2D eigenvalue weighted by Gasteiger charge is 2.64. The summed E-state index contributed by atoms with van der Waals surface area (Å²) in [6.07, 6.45) is 13.3. The summed E-state index contributed by atoms with van der Waals surface area (Å²) >= 11 is 6.25. The van der Waals surface area contributed by atoms with Gasteiger partial charge in [-0.05, 0) is 62.6 Å². The van der Waals surface area contributed by atoms with Crippen LogP contribution in [0, 0.1) is 22.2 Å². The lowest BCUT2D eigenvalue weighted by Crippen LogP contribution is -2.74. The number of rotatable bonds is 17. The van der Waals surface area contributed by atoms with Gasteiger partial charge in [0, 0.05) is 98.1 Å². The molecule has 1 aromatic carbocycles. The van der Waals surface area contributed by atoms with Crippen molar-refractivity contribution in [2.75, 3.05) is 54.6 Å². The second-order valence-corrected chi connectivity index (χ2v) is 18.9. The Morgan fingerprint density at radius 3 is 2.45 bits per heavy atom. The van der Waals surface area contributed by atoms with E-state index in [4.69, 9.17) is 30.8 Å². The number of nitrogens with zero attached hydrogens (tertiary/aromatic N) is 9. The number of amides is 1. The molecule has 8 rings (SSSR count). The number of hydrogen-bond donors (Lipinski definition) is 3. The van der Waals surface area contributed by atoms with Gasteiger partial charge in [-0.25, -0.2) is 19.9 Å². The smallest absolute Gasteiger partial charge is 0.254 e. The van der Waals surface area contributed by atoms with Gasteiger partial charge in [0.2, 0.25) is 11.8 Å². The molecule has 16 nitrogen and oxygen atoms in total. The van der Waals surface area contributed by atoms with Gasteiger partial charge in [-0.1, -0.05) is 52.3 Å². The number of fused-ring (bicyclic) bond motifs is 1. The normalized spacial score (nSPS) is 20.5. The Balaban J connectivity index is 0.760. The summed E-state index contributed by atoms with van der Waals surface area (Å²) in [7, 11) is 0.